The molecule has 0 aliphatic carbocycles. The molecule has 20 heavy (non-hydrogen) atoms. The Morgan fingerprint density at radius 2 is 1.90 bits per heavy atom. The van der Waals surface area contributed by atoms with Crippen LogP contribution >= 0.6 is 0 Å². The second kappa shape index (κ2) is 6.95. The van der Waals surface area contributed by atoms with E-state index in [-0.39, 0.29) is 6.54 Å². The first kappa shape index (κ1) is 16.8. The molecule has 2 N–H and O–H groups in total. The minimum absolute atomic E-state index is 0.254. The van der Waals surface area contributed by atoms with Gasteiger partial charge in [-0.3, -0.25) is 4.90 Å². The third-order valence-corrected chi connectivity index (χ3v) is 3.14. The Kier molecular flexibility index (Phi) is 5.83. The van der Waals surface area contributed by atoms with Crippen molar-refractivity contribution in [2.24, 2.45) is 5.73 Å². The summed E-state index contributed by atoms with van der Waals surface area (Å²) in [7, 11) is 1.50. The number of ether oxygens (including phenoxy) is 1. The average Bonchev–Trinajstić information content (AvgIpc) is 2.36. The lowest BCUT2D eigenvalue weighted by atomic mass is 9.98. The van der Waals surface area contributed by atoms with Gasteiger partial charge >= 0.3 is 6.18 Å². The van der Waals surface area contributed by atoms with Crippen molar-refractivity contribution in [1.82, 2.24) is 4.90 Å². The molecule has 0 saturated carbocycles. The fraction of sp³-hybridized carbons (Fsp3) is 0.571. The highest BCUT2D eigenvalue weighted by Gasteiger charge is 2.35. The lowest BCUT2D eigenvalue weighted by Crippen LogP contribution is -2.44. The average molecular weight is 290 g/mol. The molecule has 0 aliphatic rings. The largest absolute Gasteiger partial charge is 0.496 e. The van der Waals surface area contributed by atoms with Crippen LogP contribution in [0.25, 0.3) is 0 Å². The number of methoxy groups -OCH3 is 1. The third-order valence-electron chi connectivity index (χ3n) is 3.14. The number of hydrogen-bond donors (Lipinski definition) is 1. The zero-order valence-corrected chi connectivity index (χ0v) is 11.9. The lowest BCUT2D eigenvalue weighted by Gasteiger charge is -2.35. The molecule has 0 spiro atoms. The third kappa shape index (κ3) is 4.38. The first-order valence-electron chi connectivity index (χ1n) is 6.49. The van der Waals surface area contributed by atoms with Crippen molar-refractivity contribution < 1.29 is 17.9 Å². The number of likely N-dealkylation sites (N-methyl/N-ethyl adjacent to an activating group) is 1. The van der Waals surface area contributed by atoms with Gasteiger partial charge in [0, 0.05) is 11.6 Å². The summed E-state index contributed by atoms with van der Waals surface area (Å²) in [5, 5.41) is 0. The summed E-state index contributed by atoms with van der Waals surface area (Å²) in [5.74, 6) is 0.551. The van der Waals surface area contributed by atoms with E-state index in [1.165, 1.54) is 12.0 Å². The van der Waals surface area contributed by atoms with Crippen LogP contribution in [-0.4, -0.2) is 37.3 Å². The van der Waals surface area contributed by atoms with Crippen molar-refractivity contribution in [2.75, 3.05) is 20.2 Å². The van der Waals surface area contributed by atoms with Gasteiger partial charge in [0.05, 0.1) is 19.7 Å². The molecule has 0 fully saturated rings. The van der Waals surface area contributed by atoms with Gasteiger partial charge in [-0.25, -0.2) is 0 Å². The van der Waals surface area contributed by atoms with Crippen LogP contribution in [-0.2, 0) is 0 Å². The molecule has 1 aromatic carbocycles. The number of halogens is 3. The molecule has 0 aromatic heterocycles. The summed E-state index contributed by atoms with van der Waals surface area (Å²) >= 11 is 0. The second-order valence-electron chi connectivity index (χ2n) is 4.72. The Bertz CT molecular complexity index is 421. The molecule has 0 radical (unpaired) electrons. The molecule has 1 aromatic rings. The number of benzene rings is 1. The Morgan fingerprint density at radius 3 is 2.35 bits per heavy atom. The maximum Gasteiger partial charge on any atom is 0.401 e. The first-order chi connectivity index (χ1) is 9.30. The maximum absolute atomic E-state index is 12.7. The summed E-state index contributed by atoms with van der Waals surface area (Å²) in [5.41, 5.74) is 6.60. The fourth-order valence-corrected chi connectivity index (χ4v) is 2.36. The number of nitrogens with two attached hydrogens (primary N) is 1. The molecule has 2 atom stereocenters. The van der Waals surface area contributed by atoms with E-state index in [0.717, 1.165) is 0 Å². The maximum atomic E-state index is 12.7. The summed E-state index contributed by atoms with van der Waals surface area (Å²) in [6, 6.07) is 6.04. The van der Waals surface area contributed by atoms with Crippen LogP contribution in [0.3, 0.4) is 0 Å². The zero-order valence-electron chi connectivity index (χ0n) is 11.9. The second-order valence-corrected chi connectivity index (χ2v) is 4.72. The SMILES string of the molecule is CCN(CC(F)(F)F)C(c1ccccc1OC)C(C)N. The van der Waals surface area contributed by atoms with Gasteiger partial charge in [-0.15, -0.1) is 0 Å². The van der Waals surface area contributed by atoms with Crippen LogP contribution in [0.4, 0.5) is 13.2 Å². The van der Waals surface area contributed by atoms with Crippen molar-refractivity contribution in [3.05, 3.63) is 29.8 Å². The first-order valence-corrected chi connectivity index (χ1v) is 6.49. The molecule has 0 bridgehead atoms. The van der Waals surface area contributed by atoms with Gasteiger partial charge in [0.25, 0.3) is 0 Å². The summed E-state index contributed by atoms with van der Waals surface area (Å²) < 4.78 is 43.3. The van der Waals surface area contributed by atoms with Crippen molar-refractivity contribution in [3.63, 3.8) is 0 Å². The number of hydrogen-bond acceptors (Lipinski definition) is 3. The van der Waals surface area contributed by atoms with Crippen molar-refractivity contribution >= 4 is 0 Å². The van der Waals surface area contributed by atoms with Gasteiger partial charge < -0.3 is 10.5 Å². The van der Waals surface area contributed by atoms with Crippen LogP contribution in [0.5, 0.6) is 5.75 Å². The highest BCUT2D eigenvalue weighted by atomic mass is 19.4. The normalized spacial score (nSPS) is 15.2. The molecule has 2 unspecified atom stereocenters. The molecule has 3 nitrogen and oxygen atoms in total. The van der Waals surface area contributed by atoms with E-state index in [0.29, 0.717) is 11.3 Å². The van der Waals surface area contributed by atoms with Gasteiger partial charge in [-0.2, -0.15) is 13.2 Å². The summed E-state index contributed by atoms with van der Waals surface area (Å²) in [4.78, 5) is 1.32. The lowest BCUT2D eigenvalue weighted by molar-refractivity contribution is -0.151. The smallest absolute Gasteiger partial charge is 0.401 e. The van der Waals surface area contributed by atoms with E-state index in [4.69, 9.17) is 10.5 Å². The van der Waals surface area contributed by atoms with E-state index >= 15 is 0 Å². The Hall–Kier alpha value is -1.27. The zero-order chi connectivity index (χ0) is 15.3. The fourth-order valence-electron chi connectivity index (χ4n) is 2.36. The Labute approximate surface area is 117 Å². The quantitative estimate of drug-likeness (QED) is 0.875. The summed E-state index contributed by atoms with van der Waals surface area (Å²) in [6.45, 7) is 2.66. The van der Waals surface area contributed by atoms with Crippen molar-refractivity contribution in [1.29, 1.82) is 0 Å². The molecule has 1 rings (SSSR count). The standard InChI is InChI=1S/C14H21F3N2O/c1-4-19(9-14(15,16)17)13(10(2)18)11-7-5-6-8-12(11)20-3/h5-8,10,13H,4,9,18H2,1-3H3. The van der Waals surface area contributed by atoms with Crippen LogP contribution in [0.15, 0.2) is 24.3 Å². The Morgan fingerprint density at radius 1 is 1.30 bits per heavy atom. The van der Waals surface area contributed by atoms with Gasteiger partial charge in [0.15, 0.2) is 0 Å². The molecule has 0 heterocycles. The molecule has 6 heteroatoms. The number of rotatable bonds is 6. The number of nitrogens with zero attached hydrogens (tertiary/aromatic N) is 1. The molecule has 0 aliphatic heterocycles. The number of alkyl halides is 3. The van der Waals surface area contributed by atoms with Crippen LogP contribution in [0.1, 0.15) is 25.5 Å². The molecular weight excluding hydrogens is 269 g/mol. The summed E-state index contributed by atoms with van der Waals surface area (Å²) in [6.07, 6.45) is -4.26. The molecule has 0 saturated heterocycles. The van der Waals surface area contributed by atoms with Gasteiger partial charge in [-0.1, -0.05) is 25.1 Å². The van der Waals surface area contributed by atoms with E-state index in [2.05, 4.69) is 0 Å². The van der Waals surface area contributed by atoms with E-state index in [1.54, 1.807) is 38.1 Å². The number of para-hydroxylation sites is 1. The predicted octanol–water partition coefficient (Wildman–Crippen LogP) is 2.97. The topological polar surface area (TPSA) is 38.5 Å². The predicted molar refractivity (Wildman–Crippen MR) is 72.7 cm³/mol. The van der Waals surface area contributed by atoms with Crippen molar-refractivity contribution in [2.45, 2.75) is 32.1 Å². The highest BCUT2D eigenvalue weighted by molar-refractivity contribution is 5.36. The Balaban J connectivity index is 3.15. The van der Waals surface area contributed by atoms with Gasteiger partial charge in [-0.05, 0) is 19.5 Å². The van der Waals surface area contributed by atoms with E-state index in [9.17, 15) is 13.2 Å². The highest BCUT2D eigenvalue weighted by Crippen LogP contribution is 2.33. The minimum atomic E-state index is -4.26. The monoisotopic (exact) mass is 290 g/mol. The van der Waals surface area contributed by atoms with Crippen molar-refractivity contribution in [3.8, 4) is 5.75 Å². The van der Waals surface area contributed by atoms with E-state index in [1.807, 2.05) is 0 Å². The molecule has 0 amide bonds. The molecular formula is C14H21F3N2O. The molecule has 114 valence electrons. The minimum Gasteiger partial charge on any atom is -0.496 e. The van der Waals surface area contributed by atoms with Crippen LogP contribution in [0, 0.1) is 0 Å². The van der Waals surface area contributed by atoms with Gasteiger partial charge in [0.2, 0.25) is 0 Å². The van der Waals surface area contributed by atoms with Crippen LogP contribution in [0.2, 0.25) is 0 Å². The van der Waals surface area contributed by atoms with Crippen LogP contribution < -0.4 is 10.5 Å². The van der Waals surface area contributed by atoms with E-state index < -0.39 is 24.8 Å². The van der Waals surface area contributed by atoms with Gasteiger partial charge in [0.1, 0.15) is 5.75 Å².